The van der Waals surface area contributed by atoms with Gasteiger partial charge in [0, 0.05) is 42.8 Å². The fourth-order valence-corrected chi connectivity index (χ4v) is 2.75. The average molecular weight is 316 g/mol. The van der Waals surface area contributed by atoms with Gasteiger partial charge in [-0.2, -0.15) is 5.10 Å². The molecule has 0 aliphatic carbocycles. The summed E-state index contributed by atoms with van der Waals surface area (Å²) in [5, 5.41) is 8.12. The highest BCUT2D eigenvalue weighted by molar-refractivity contribution is 6.36. The van der Waals surface area contributed by atoms with Crippen molar-refractivity contribution >= 4 is 23.2 Å². The summed E-state index contributed by atoms with van der Waals surface area (Å²) in [4.78, 5) is 0. The summed E-state index contributed by atoms with van der Waals surface area (Å²) in [5.74, 6) is -0.454. The Bertz CT molecular complexity index is 598. The number of nitrogens with zero attached hydrogens (tertiary/aromatic N) is 2. The van der Waals surface area contributed by atoms with Crippen LogP contribution < -0.4 is 5.32 Å². The minimum absolute atomic E-state index is 0.0790. The van der Waals surface area contributed by atoms with Crippen LogP contribution in [-0.4, -0.2) is 16.3 Å². The van der Waals surface area contributed by atoms with Crippen LogP contribution in [0.5, 0.6) is 0 Å². The fourth-order valence-electron chi connectivity index (χ4n) is 2.05. The summed E-state index contributed by atoms with van der Waals surface area (Å²) < 4.78 is 15.2. The first-order chi connectivity index (χ1) is 9.49. The molecule has 1 atom stereocenters. The summed E-state index contributed by atoms with van der Waals surface area (Å²) in [5.41, 5.74) is 1.60. The lowest BCUT2D eigenvalue weighted by atomic mass is 10.1. The van der Waals surface area contributed by atoms with Crippen molar-refractivity contribution in [3.8, 4) is 0 Å². The molecule has 0 bridgehead atoms. The van der Waals surface area contributed by atoms with Crippen LogP contribution in [0.15, 0.2) is 24.4 Å². The number of nitrogens with one attached hydrogen (secondary N) is 1. The molecule has 1 aromatic heterocycles. The first-order valence-electron chi connectivity index (χ1n) is 6.34. The van der Waals surface area contributed by atoms with Gasteiger partial charge in [-0.1, -0.05) is 23.2 Å². The first-order valence-corrected chi connectivity index (χ1v) is 7.10. The van der Waals surface area contributed by atoms with E-state index < -0.39 is 5.82 Å². The zero-order valence-electron chi connectivity index (χ0n) is 11.3. The van der Waals surface area contributed by atoms with E-state index in [-0.39, 0.29) is 11.1 Å². The van der Waals surface area contributed by atoms with Gasteiger partial charge in [-0.15, -0.1) is 0 Å². The number of benzene rings is 1. The standard InChI is InChI=1S/C14H16Cl2FN3/c1-9(13-11(15)3-4-12(17)14(13)16)18-7-5-10-6-8-20(2)19-10/h3-4,6,8-9,18H,5,7H2,1-2H3. The molecule has 2 rings (SSSR count). The van der Waals surface area contributed by atoms with E-state index in [9.17, 15) is 4.39 Å². The molecule has 1 unspecified atom stereocenters. The maximum absolute atomic E-state index is 13.5. The van der Waals surface area contributed by atoms with E-state index in [0.717, 1.165) is 12.1 Å². The molecule has 2 aromatic rings. The van der Waals surface area contributed by atoms with Crippen molar-refractivity contribution < 1.29 is 4.39 Å². The average Bonchev–Trinajstić information content (AvgIpc) is 2.80. The summed E-state index contributed by atoms with van der Waals surface area (Å²) in [6.45, 7) is 2.62. The number of aryl methyl sites for hydroxylation is 1. The highest BCUT2D eigenvalue weighted by Gasteiger charge is 2.16. The maximum atomic E-state index is 13.5. The number of hydrogen-bond donors (Lipinski definition) is 1. The molecule has 0 amide bonds. The molecule has 1 N–H and O–H groups in total. The maximum Gasteiger partial charge on any atom is 0.142 e. The second-order valence-electron chi connectivity index (χ2n) is 4.66. The normalized spacial score (nSPS) is 12.7. The van der Waals surface area contributed by atoms with E-state index in [2.05, 4.69) is 10.4 Å². The van der Waals surface area contributed by atoms with Gasteiger partial charge < -0.3 is 5.32 Å². The van der Waals surface area contributed by atoms with Gasteiger partial charge in [0.05, 0.1) is 10.7 Å². The first kappa shape index (κ1) is 15.3. The van der Waals surface area contributed by atoms with E-state index in [1.54, 1.807) is 4.68 Å². The minimum Gasteiger partial charge on any atom is -0.310 e. The van der Waals surface area contributed by atoms with Crippen molar-refractivity contribution in [2.24, 2.45) is 7.05 Å². The molecule has 1 aromatic carbocycles. The Morgan fingerprint density at radius 1 is 1.35 bits per heavy atom. The second-order valence-corrected chi connectivity index (χ2v) is 5.45. The molecular formula is C14H16Cl2FN3. The molecule has 3 nitrogen and oxygen atoms in total. The Kier molecular flexibility index (Phi) is 5.02. The van der Waals surface area contributed by atoms with Crippen molar-refractivity contribution in [2.75, 3.05) is 6.54 Å². The topological polar surface area (TPSA) is 29.9 Å². The van der Waals surface area contributed by atoms with Gasteiger partial charge in [-0.3, -0.25) is 4.68 Å². The monoisotopic (exact) mass is 315 g/mol. The SMILES string of the molecule is CC(NCCc1ccn(C)n1)c1c(Cl)ccc(F)c1Cl. The van der Waals surface area contributed by atoms with Crippen LogP contribution in [0, 0.1) is 5.82 Å². The lowest BCUT2D eigenvalue weighted by molar-refractivity contribution is 0.563. The lowest BCUT2D eigenvalue weighted by Gasteiger charge is -2.17. The molecule has 0 radical (unpaired) electrons. The molecule has 0 spiro atoms. The predicted octanol–water partition coefficient (Wildman–Crippen LogP) is 3.76. The van der Waals surface area contributed by atoms with Crippen LogP contribution in [0.4, 0.5) is 4.39 Å². The molecule has 0 aliphatic rings. The fraction of sp³-hybridized carbons (Fsp3) is 0.357. The number of hydrogen-bond acceptors (Lipinski definition) is 2. The Hall–Kier alpha value is -1.10. The minimum atomic E-state index is -0.454. The molecular weight excluding hydrogens is 300 g/mol. The summed E-state index contributed by atoms with van der Waals surface area (Å²) >= 11 is 12.1. The number of rotatable bonds is 5. The predicted molar refractivity (Wildman–Crippen MR) is 79.7 cm³/mol. The van der Waals surface area contributed by atoms with Crippen LogP contribution in [0.3, 0.4) is 0 Å². The molecule has 0 fully saturated rings. The van der Waals surface area contributed by atoms with Crippen LogP contribution in [0.1, 0.15) is 24.2 Å². The molecule has 0 saturated heterocycles. The van der Waals surface area contributed by atoms with Gasteiger partial charge in [-0.05, 0) is 25.1 Å². The molecule has 0 aliphatic heterocycles. The summed E-state index contributed by atoms with van der Waals surface area (Å²) in [6.07, 6.45) is 2.69. The van der Waals surface area contributed by atoms with Gasteiger partial charge >= 0.3 is 0 Å². The zero-order valence-corrected chi connectivity index (χ0v) is 12.8. The van der Waals surface area contributed by atoms with E-state index >= 15 is 0 Å². The Balaban J connectivity index is 1.98. The van der Waals surface area contributed by atoms with Gasteiger partial charge in [0.2, 0.25) is 0 Å². The largest absolute Gasteiger partial charge is 0.310 e. The van der Waals surface area contributed by atoms with Crippen molar-refractivity contribution in [1.82, 2.24) is 15.1 Å². The molecule has 108 valence electrons. The molecule has 6 heteroatoms. The Morgan fingerprint density at radius 2 is 2.10 bits per heavy atom. The van der Waals surface area contributed by atoms with E-state index in [1.165, 1.54) is 12.1 Å². The van der Waals surface area contributed by atoms with Crippen LogP contribution in [-0.2, 0) is 13.5 Å². The quantitative estimate of drug-likeness (QED) is 0.851. The van der Waals surface area contributed by atoms with E-state index in [4.69, 9.17) is 23.2 Å². The molecule has 0 saturated carbocycles. The third-order valence-corrected chi connectivity index (χ3v) is 3.83. The van der Waals surface area contributed by atoms with Gasteiger partial charge in [0.15, 0.2) is 0 Å². The van der Waals surface area contributed by atoms with E-state index in [0.29, 0.717) is 17.1 Å². The van der Waals surface area contributed by atoms with Crippen LogP contribution in [0.25, 0.3) is 0 Å². The van der Waals surface area contributed by atoms with Crippen LogP contribution >= 0.6 is 23.2 Å². The van der Waals surface area contributed by atoms with Crippen molar-refractivity contribution in [3.05, 3.63) is 51.5 Å². The van der Waals surface area contributed by atoms with Gasteiger partial charge in [-0.25, -0.2) is 4.39 Å². The summed E-state index contributed by atoms with van der Waals surface area (Å²) in [7, 11) is 1.88. The third-order valence-electron chi connectivity index (χ3n) is 3.11. The third kappa shape index (κ3) is 3.51. The van der Waals surface area contributed by atoms with Crippen molar-refractivity contribution in [2.45, 2.75) is 19.4 Å². The highest BCUT2D eigenvalue weighted by Crippen LogP contribution is 2.32. The number of halogens is 3. The highest BCUT2D eigenvalue weighted by atomic mass is 35.5. The Morgan fingerprint density at radius 3 is 2.75 bits per heavy atom. The summed E-state index contributed by atoms with van der Waals surface area (Å²) in [6, 6.07) is 4.63. The van der Waals surface area contributed by atoms with Crippen molar-refractivity contribution in [3.63, 3.8) is 0 Å². The van der Waals surface area contributed by atoms with Gasteiger partial charge in [0.1, 0.15) is 5.82 Å². The lowest BCUT2D eigenvalue weighted by Crippen LogP contribution is -2.22. The second kappa shape index (κ2) is 6.57. The molecule has 20 heavy (non-hydrogen) atoms. The van der Waals surface area contributed by atoms with Crippen LogP contribution in [0.2, 0.25) is 10.0 Å². The number of aromatic nitrogens is 2. The van der Waals surface area contributed by atoms with Gasteiger partial charge in [0.25, 0.3) is 0 Å². The molecule has 1 heterocycles. The smallest absolute Gasteiger partial charge is 0.142 e. The van der Waals surface area contributed by atoms with E-state index in [1.807, 2.05) is 26.2 Å². The Labute approximate surface area is 127 Å². The van der Waals surface area contributed by atoms with Crippen molar-refractivity contribution in [1.29, 1.82) is 0 Å². The zero-order chi connectivity index (χ0) is 14.7.